The van der Waals surface area contributed by atoms with Gasteiger partial charge in [0.2, 0.25) is 0 Å². The first-order valence-corrected chi connectivity index (χ1v) is 8.38. The van der Waals surface area contributed by atoms with Gasteiger partial charge in [0.05, 0.1) is 18.8 Å². The van der Waals surface area contributed by atoms with E-state index in [2.05, 4.69) is 4.98 Å². The second-order valence-electron chi connectivity index (χ2n) is 5.00. The Balaban J connectivity index is 1.80. The van der Waals surface area contributed by atoms with Crippen LogP contribution in [-0.4, -0.2) is 41.1 Å². The van der Waals surface area contributed by atoms with Crippen molar-refractivity contribution in [2.24, 2.45) is 0 Å². The predicted molar refractivity (Wildman–Crippen MR) is 81.3 cm³/mol. The zero-order valence-corrected chi connectivity index (χ0v) is 13.0. The van der Waals surface area contributed by atoms with Crippen molar-refractivity contribution in [1.82, 2.24) is 9.88 Å². The van der Waals surface area contributed by atoms with Gasteiger partial charge in [0.25, 0.3) is 5.91 Å². The first-order valence-electron chi connectivity index (χ1n) is 6.56. The van der Waals surface area contributed by atoms with Crippen LogP contribution in [0, 0.1) is 0 Å². The number of nitrogens with zero attached hydrogens (tertiary/aromatic N) is 2. The third-order valence-corrected chi connectivity index (χ3v) is 4.93. The van der Waals surface area contributed by atoms with Crippen LogP contribution in [0.2, 0.25) is 0 Å². The van der Waals surface area contributed by atoms with Crippen molar-refractivity contribution in [3.8, 4) is 10.6 Å². The number of thiophene rings is 1. The molecule has 20 heavy (non-hydrogen) atoms. The van der Waals surface area contributed by atoms with Crippen LogP contribution >= 0.6 is 22.7 Å². The smallest absolute Gasteiger partial charge is 0.273 e. The highest BCUT2D eigenvalue weighted by molar-refractivity contribution is 7.14. The number of carbonyl (C=O) groups is 1. The maximum absolute atomic E-state index is 12.6. The molecule has 0 N–H and O–H groups in total. The summed E-state index contributed by atoms with van der Waals surface area (Å²) in [4.78, 5) is 18.9. The number of hydrogen-bond donors (Lipinski definition) is 0. The van der Waals surface area contributed by atoms with E-state index in [1.165, 1.54) is 11.3 Å². The molecule has 1 aliphatic heterocycles. The molecule has 106 valence electrons. The Morgan fingerprint density at radius 2 is 2.30 bits per heavy atom. The highest BCUT2D eigenvalue weighted by Crippen LogP contribution is 2.26. The molecule has 2 aromatic heterocycles. The summed E-state index contributed by atoms with van der Waals surface area (Å²) in [6.07, 6.45) is 0.0881. The summed E-state index contributed by atoms with van der Waals surface area (Å²) in [6.45, 7) is 5.22. The fourth-order valence-corrected chi connectivity index (χ4v) is 3.73. The fourth-order valence-electron chi connectivity index (χ4n) is 2.22. The van der Waals surface area contributed by atoms with Crippen molar-refractivity contribution >= 4 is 28.6 Å². The number of carbonyl (C=O) groups excluding carboxylic acids is 1. The number of rotatable bonds is 2. The lowest BCUT2D eigenvalue weighted by Crippen LogP contribution is -2.50. The SMILES string of the molecule is CC1CN(C(=O)c2csc(-c3ccsc3)n2)C(C)CO1. The molecule has 0 aliphatic carbocycles. The number of thiazole rings is 1. The maximum atomic E-state index is 12.6. The average molecular weight is 308 g/mol. The van der Waals surface area contributed by atoms with E-state index in [1.807, 2.05) is 41.0 Å². The van der Waals surface area contributed by atoms with Gasteiger partial charge in [-0.1, -0.05) is 0 Å². The van der Waals surface area contributed by atoms with Crippen molar-refractivity contribution in [2.45, 2.75) is 26.0 Å². The molecule has 2 aromatic rings. The van der Waals surface area contributed by atoms with E-state index >= 15 is 0 Å². The summed E-state index contributed by atoms with van der Waals surface area (Å²) >= 11 is 3.15. The monoisotopic (exact) mass is 308 g/mol. The van der Waals surface area contributed by atoms with Gasteiger partial charge in [0, 0.05) is 22.9 Å². The molecule has 1 saturated heterocycles. The third-order valence-electron chi connectivity index (χ3n) is 3.36. The number of hydrogen-bond acceptors (Lipinski definition) is 5. The van der Waals surface area contributed by atoms with Crippen molar-refractivity contribution in [3.63, 3.8) is 0 Å². The van der Waals surface area contributed by atoms with Crippen molar-refractivity contribution in [2.75, 3.05) is 13.2 Å². The quantitative estimate of drug-likeness (QED) is 0.856. The van der Waals surface area contributed by atoms with E-state index in [0.717, 1.165) is 10.6 Å². The van der Waals surface area contributed by atoms with Gasteiger partial charge in [-0.3, -0.25) is 4.79 Å². The summed E-state index contributed by atoms with van der Waals surface area (Å²) in [5, 5.41) is 6.82. The van der Waals surface area contributed by atoms with E-state index in [9.17, 15) is 4.79 Å². The van der Waals surface area contributed by atoms with Crippen LogP contribution in [0.1, 0.15) is 24.3 Å². The van der Waals surface area contributed by atoms with Crippen molar-refractivity contribution in [3.05, 3.63) is 27.9 Å². The molecule has 2 unspecified atom stereocenters. The van der Waals surface area contributed by atoms with Crippen LogP contribution in [0.15, 0.2) is 22.2 Å². The Morgan fingerprint density at radius 3 is 3.05 bits per heavy atom. The van der Waals surface area contributed by atoms with Gasteiger partial charge in [0.1, 0.15) is 10.7 Å². The molecule has 3 heterocycles. The fraction of sp³-hybridized carbons (Fsp3) is 0.429. The lowest BCUT2D eigenvalue weighted by molar-refractivity contribution is -0.0388. The number of morpholine rings is 1. The molecule has 0 radical (unpaired) electrons. The van der Waals surface area contributed by atoms with Crippen LogP contribution in [-0.2, 0) is 4.74 Å². The molecular formula is C14H16N2O2S2. The van der Waals surface area contributed by atoms with Crippen LogP contribution in [0.3, 0.4) is 0 Å². The molecule has 0 aromatic carbocycles. The molecule has 3 rings (SSSR count). The van der Waals surface area contributed by atoms with Gasteiger partial charge in [-0.25, -0.2) is 4.98 Å². The molecule has 4 nitrogen and oxygen atoms in total. The zero-order chi connectivity index (χ0) is 14.1. The average Bonchev–Trinajstić information content (AvgIpc) is 3.10. The number of amides is 1. The Bertz CT molecular complexity index is 594. The van der Waals surface area contributed by atoms with Gasteiger partial charge in [-0.15, -0.1) is 11.3 Å². The van der Waals surface area contributed by atoms with E-state index in [-0.39, 0.29) is 18.1 Å². The van der Waals surface area contributed by atoms with Crippen LogP contribution in [0.4, 0.5) is 0 Å². The summed E-state index contributed by atoms with van der Waals surface area (Å²) in [7, 11) is 0. The Kier molecular flexibility index (Phi) is 3.87. The minimum Gasteiger partial charge on any atom is -0.375 e. The Labute approximate surface area is 126 Å². The van der Waals surface area contributed by atoms with Crippen LogP contribution in [0.25, 0.3) is 10.6 Å². The van der Waals surface area contributed by atoms with Crippen LogP contribution < -0.4 is 0 Å². The summed E-state index contributed by atoms with van der Waals surface area (Å²) in [5.74, 6) is 0.00498. The summed E-state index contributed by atoms with van der Waals surface area (Å²) < 4.78 is 5.56. The largest absolute Gasteiger partial charge is 0.375 e. The molecule has 1 aliphatic rings. The normalized spacial score (nSPS) is 23.0. The number of ether oxygens (including phenoxy) is 1. The van der Waals surface area contributed by atoms with Gasteiger partial charge in [-0.05, 0) is 25.3 Å². The number of aromatic nitrogens is 1. The zero-order valence-electron chi connectivity index (χ0n) is 11.4. The van der Waals surface area contributed by atoms with Gasteiger partial charge in [0.15, 0.2) is 0 Å². The Morgan fingerprint density at radius 1 is 1.45 bits per heavy atom. The Hall–Kier alpha value is -1.24. The molecule has 2 atom stereocenters. The topological polar surface area (TPSA) is 42.4 Å². The van der Waals surface area contributed by atoms with Gasteiger partial charge < -0.3 is 9.64 Å². The highest BCUT2D eigenvalue weighted by atomic mass is 32.1. The molecule has 0 bridgehead atoms. The molecule has 1 fully saturated rings. The van der Waals surface area contributed by atoms with E-state index < -0.39 is 0 Å². The standard InChI is InChI=1S/C14H16N2O2S2/c1-9-6-18-10(2)5-16(9)14(17)12-8-20-13(15-12)11-3-4-19-7-11/h3-4,7-10H,5-6H2,1-2H3. The van der Waals surface area contributed by atoms with Crippen molar-refractivity contribution in [1.29, 1.82) is 0 Å². The highest BCUT2D eigenvalue weighted by Gasteiger charge is 2.29. The van der Waals surface area contributed by atoms with Crippen LogP contribution in [0.5, 0.6) is 0 Å². The van der Waals surface area contributed by atoms with Crippen molar-refractivity contribution < 1.29 is 9.53 Å². The maximum Gasteiger partial charge on any atom is 0.273 e. The van der Waals surface area contributed by atoms with E-state index in [0.29, 0.717) is 18.8 Å². The van der Waals surface area contributed by atoms with Gasteiger partial charge in [-0.2, -0.15) is 11.3 Å². The molecule has 6 heteroatoms. The third kappa shape index (κ3) is 2.63. The summed E-state index contributed by atoms with van der Waals surface area (Å²) in [6, 6.07) is 2.13. The summed E-state index contributed by atoms with van der Waals surface area (Å²) in [5.41, 5.74) is 1.62. The predicted octanol–water partition coefficient (Wildman–Crippen LogP) is 3.12. The second-order valence-corrected chi connectivity index (χ2v) is 6.64. The lowest BCUT2D eigenvalue weighted by atomic mass is 10.2. The second kappa shape index (κ2) is 5.63. The van der Waals surface area contributed by atoms with Gasteiger partial charge >= 0.3 is 0 Å². The van der Waals surface area contributed by atoms with E-state index in [1.54, 1.807) is 11.3 Å². The minimum atomic E-state index is 0.00498. The first-order chi connectivity index (χ1) is 9.65. The van der Waals surface area contributed by atoms with E-state index in [4.69, 9.17) is 4.74 Å². The molecule has 1 amide bonds. The molecule has 0 saturated carbocycles. The molecular weight excluding hydrogens is 292 g/mol. The molecule has 0 spiro atoms. The first kappa shape index (κ1) is 13.7. The minimum absolute atomic E-state index is 0.00498. The lowest BCUT2D eigenvalue weighted by Gasteiger charge is -2.36.